The van der Waals surface area contributed by atoms with E-state index < -0.39 is 66.5 Å². The predicted molar refractivity (Wildman–Crippen MR) is 243 cm³/mol. The Morgan fingerprint density at radius 2 is 0.956 bits per heavy atom. The summed E-state index contributed by atoms with van der Waals surface area (Å²) in [6.07, 6.45) is -5.19. The number of unbranched alkanes of at least 4 members (excludes halogenated alkanes) is 4. The van der Waals surface area contributed by atoms with Gasteiger partial charge >= 0.3 is 12.4 Å². The van der Waals surface area contributed by atoms with Gasteiger partial charge in [-0.25, -0.2) is 9.97 Å². The van der Waals surface area contributed by atoms with E-state index in [2.05, 4.69) is 20.6 Å². The fraction of sp³-hybridized carbons (Fsp3) is 0.551. The van der Waals surface area contributed by atoms with Gasteiger partial charge in [0.25, 0.3) is 0 Å². The van der Waals surface area contributed by atoms with E-state index in [9.17, 15) is 45.5 Å². The molecule has 3 aromatic rings. The number of amidine groups is 1. The number of hydrogen-bond acceptors (Lipinski definition) is 12. The Morgan fingerprint density at radius 3 is 1.32 bits per heavy atom. The number of nitrogens with zero attached hydrogens (tertiary/aromatic N) is 2. The molecule has 68 heavy (non-hydrogen) atoms. The Kier molecular flexibility index (Phi) is 19.8. The quantitative estimate of drug-likeness (QED) is 0.0169. The molecule has 2 aliphatic heterocycles. The second-order valence-electron chi connectivity index (χ2n) is 17.7. The number of alkyl halides is 6. The second kappa shape index (κ2) is 25.2. The van der Waals surface area contributed by atoms with Crippen LogP contribution in [-0.4, -0.2) is 83.0 Å². The Morgan fingerprint density at radius 1 is 0.588 bits per heavy atom. The molecule has 0 unspecified atom stereocenters. The smallest absolute Gasteiger partial charge is 0.416 e. The van der Waals surface area contributed by atoms with Gasteiger partial charge < -0.3 is 31.3 Å². The third-order valence-electron chi connectivity index (χ3n) is 11.9. The molecule has 2 saturated heterocycles. The molecule has 0 atom stereocenters. The average Bonchev–Trinajstić information content (AvgIpc) is 3.27. The summed E-state index contributed by atoms with van der Waals surface area (Å²) in [5.41, 5.74) is 2.70. The minimum Gasteiger partial charge on any atom is -0.490 e. The van der Waals surface area contributed by atoms with Crippen LogP contribution in [0.2, 0.25) is 0 Å². The highest BCUT2D eigenvalue weighted by molar-refractivity contribution is 6.01. The van der Waals surface area contributed by atoms with Crippen LogP contribution in [0.5, 0.6) is 11.5 Å². The van der Waals surface area contributed by atoms with Crippen LogP contribution in [0.3, 0.4) is 0 Å². The van der Waals surface area contributed by atoms with E-state index in [1.54, 1.807) is 6.92 Å². The predicted octanol–water partition coefficient (Wildman–Crippen LogP) is 8.73. The molecular weight excluding hydrogens is 897 g/mol. The first-order chi connectivity index (χ1) is 32.3. The van der Waals surface area contributed by atoms with Crippen molar-refractivity contribution >= 4 is 34.7 Å². The van der Waals surface area contributed by atoms with E-state index >= 15 is 0 Å². The first kappa shape index (κ1) is 53.4. The zero-order valence-corrected chi connectivity index (χ0v) is 38.4. The molecule has 3 heterocycles. The topological polar surface area (TPSA) is 210 Å². The van der Waals surface area contributed by atoms with Gasteiger partial charge in [-0.1, -0.05) is 12.8 Å². The lowest BCUT2D eigenvalue weighted by atomic mass is 9.94. The monoisotopic (exact) mass is 957 g/mol. The SMILES string of the molecule is CC(=N)CCCCCC(=O)Cc1cc(C(F)(F)F)cc(CC(=O)c2cc(C(=O)Cc3cc(C(F)(F)F)cc(CC(=O)CCCCCC(=N)N)c3OC3CCNCC3)ncn2)c1OC1CCNCC1. The van der Waals surface area contributed by atoms with Crippen LogP contribution >= 0.6 is 0 Å². The van der Waals surface area contributed by atoms with Gasteiger partial charge in [-0.3, -0.25) is 24.6 Å². The number of piperidine rings is 2. The van der Waals surface area contributed by atoms with Gasteiger partial charge in [0.1, 0.15) is 53.0 Å². The molecule has 19 heteroatoms. The molecule has 0 spiro atoms. The molecule has 0 amide bonds. The van der Waals surface area contributed by atoms with E-state index in [-0.39, 0.29) is 81.8 Å². The van der Waals surface area contributed by atoms with Crippen LogP contribution in [0.1, 0.15) is 151 Å². The van der Waals surface area contributed by atoms with E-state index in [1.807, 2.05) is 0 Å². The zero-order valence-electron chi connectivity index (χ0n) is 38.4. The number of carbonyl (C=O) groups excluding carboxylic acids is 4. The normalized spacial score (nSPS) is 14.9. The molecule has 6 N–H and O–H groups in total. The van der Waals surface area contributed by atoms with E-state index in [4.69, 9.17) is 26.0 Å². The first-order valence-corrected chi connectivity index (χ1v) is 23.3. The standard InChI is InChI=1S/C49H61F6N7O6/c1-30(56)8-4-2-5-9-37(63)24-31-20-35(48(50,51)52)22-33(46(31)67-39-12-16-59-17-13-39)26-43(65)41-28-42(62-29-61-41)44(66)27-34-23-36(49(53,54)55)21-32(47(34)68-40-14-18-60-19-15-40)25-38(64)10-6-3-7-11-45(57)58/h20-23,28-29,39-40,56,59-60H,2-19,24-27H2,1H3,(H3,57,58). The van der Waals surface area contributed by atoms with Crippen molar-refractivity contribution in [1.82, 2.24) is 20.6 Å². The van der Waals surface area contributed by atoms with Crippen LogP contribution < -0.4 is 25.8 Å². The van der Waals surface area contributed by atoms with Crippen LogP contribution in [0.4, 0.5) is 26.3 Å². The molecule has 370 valence electrons. The third-order valence-corrected chi connectivity index (χ3v) is 11.9. The van der Waals surface area contributed by atoms with Crippen LogP contribution in [0.15, 0.2) is 36.7 Å². The second-order valence-corrected chi connectivity index (χ2v) is 17.7. The van der Waals surface area contributed by atoms with E-state index in [0.29, 0.717) is 109 Å². The number of hydrogen-bond donors (Lipinski definition) is 5. The van der Waals surface area contributed by atoms with Crippen LogP contribution in [0.25, 0.3) is 0 Å². The van der Waals surface area contributed by atoms with E-state index in [0.717, 1.165) is 36.7 Å². The molecule has 13 nitrogen and oxygen atoms in total. The number of Topliss-reactive ketones (excluding diaryl/α,β-unsaturated/α-hetero) is 4. The van der Waals surface area contributed by atoms with Crippen molar-refractivity contribution in [2.45, 2.75) is 147 Å². The fourth-order valence-corrected chi connectivity index (χ4v) is 8.32. The summed E-state index contributed by atoms with van der Waals surface area (Å²) in [7, 11) is 0. The number of ether oxygens (including phenoxy) is 2. The maximum absolute atomic E-state index is 14.4. The van der Waals surface area contributed by atoms with Gasteiger partial charge in [0.05, 0.1) is 17.0 Å². The highest BCUT2D eigenvalue weighted by atomic mass is 19.4. The number of benzene rings is 2. The van der Waals surface area contributed by atoms with Crippen molar-refractivity contribution in [3.63, 3.8) is 0 Å². The van der Waals surface area contributed by atoms with Crippen molar-refractivity contribution < 1.29 is 55.0 Å². The number of carbonyl (C=O) groups is 4. The van der Waals surface area contributed by atoms with Gasteiger partial charge in [0, 0.05) is 72.9 Å². The molecule has 5 rings (SSSR count). The molecule has 2 aliphatic rings. The van der Waals surface area contributed by atoms with Crippen molar-refractivity contribution in [1.29, 1.82) is 10.8 Å². The summed E-state index contributed by atoms with van der Waals surface area (Å²) in [5, 5.41) is 21.4. The van der Waals surface area contributed by atoms with Crippen molar-refractivity contribution in [2.24, 2.45) is 5.73 Å². The Hall–Kier alpha value is -5.56. The average molecular weight is 958 g/mol. The van der Waals surface area contributed by atoms with E-state index in [1.165, 1.54) is 0 Å². The molecule has 0 saturated carbocycles. The summed E-state index contributed by atoms with van der Waals surface area (Å²) in [6, 6.07) is 4.38. The minimum absolute atomic E-state index is 0.00974. The Bertz CT molecular complexity index is 2120. The number of nitrogens with two attached hydrogens (primary N) is 1. The lowest BCUT2D eigenvalue weighted by molar-refractivity contribution is -0.138. The summed E-state index contributed by atoms with van der Waals surface area (Å²) < 4.78 is 99.3. The molecule has 2 aromatic carbocycles. The lowest BCUT2D eigenvalue weighted by Crippen LogP contribution is -2.34. The summed E-state index contributed by atoms with van der Waals surface area (Å²) in [4.78, 5) is 62.5. The minimum atomic E-state index is -4.86. The van der Waals surface area contributed by atoms with Gasteiger partial charge in [-0.15, -0.1) is 0 Å². The van der Waals surface area contributed by atoms with Gasteiger partial charge in [0.15, 0.2) is 11.6 Å². The highest BCUT2D eigenvalue weighted by Crippen LogP contribution is 2.39. The maximum Gasteiger partial charge on any atom is 0.416 e. The van der Waals surface area contributed by atoms with Crippen molar-refractivity contribution in [3.8, 4) is 11.5 Å². The molecule has 0 bridgehead atoms. The summed E-state index contributed by atoms with van der Waals surface area (Å²) in [5.74, 6) is -2.31. The Labute approximate surface area is 392 Å². The summed E-state index contributed by atoms with van der Waals surface area (Å²) >= 11 is 0. The molecule has 2 fully saturated rings. The number of nitrogens with one attached hydrogen (secondary N) is 4. The van der Waals surface area contributed by atoms with Crippen LogP contribution in [-0.2, 0) is 47.6 Å². The number of aromatic nitrogens is 2. The highest BCUT2D eigenvalue weighted by Gasteiger charge is 2.36. The van der Waals surface area contributed by atoms with Gasteiger partial charge in [-0.2, -0.15) is 26.3 Å². The van der Waals surface area contributed by atoms with Crippen molar-refractivity contribution in [2.75, 3.05) is 26.2 Å². The molecular formula is C49H61F6N7O6. The summed E-state index contributed by atoms with van der Waals surface area (Å²) in [6.45, 7) is 4.00. The third kappa shape index (κ3) is 16.9. The van der Waals surface area contributed by atoms with Gasteiger partial charge in [0.2, 0.25) is 0 Å². The van der Waals surface area contributed by atoms with Gasteiger partial charge in [-0.05, 0) is 121 Å². The number of ketones is 4. The largest absolute Gasteiger partial charge is 0.490 e. The lowest BCUT2D eigenvalue weighted by Gasteiger charge is -2.27. The first-order valence-electron chi connectivity index (χ1n) is 23.3. The molecule has 0 aliphatic carbocycles. The molecule has 0 radical (unpaired) electrons. The van der Waals surface area contributed by atoms with Crippen LogP contribution in [0, 0.1) is 10.8 Å². The Balaban J connectivity index is 1.44. The molecule has 1 aromatic heterocycles. The fourth-order valence-electron chi connectivity index (χ4n) is 8.32. The number of rotatable bonds is 26. The zero-order chi connectivity index (χ0) is 49.4. The van der Waals surface area contributed by atoms with Crippen molar-refractivity contribution in [3.05, 3.63) is 81.4 Å². The maximum atomic E-state index is 14.4. The number of halogens is 6.